The van der Waals surface area contributed by atoms with Gasteiger partial charge in [-0.1, -0.05) is 19.1 Å². The van der Waals surface area contributed by atoms with Crippen molar-refractivity contribution in [1.29, 1.82) is 0 Å². The molecule has 1 heterocycles. The summed E-state index contributed by atoms with van der Waals surface area (Å²) in [6, 6.07) is 6.26. The number of hydrogen-bond donors (Lipinski definition) is 1. The maximum atomic E-state index is 11.3. The summed E-state index contributed by atoms with van der Waals surface area (Å²) in [4.78, 5) is 15.7. The first-order chi connectivity index (χ1) is 8.29. The zero-order valence-electron chi connectivity index (χ0n) is 9.93. The van der Waals surface area contributed by atoms with E-state index < -0.39 is 0 Å². The molecule has 17 heavy (non-hydrogen) atoms. The third-order valence-electron chi connectivity index (χ3n) is 3.37. The minimum absolute atomic E-state index is 0.0667. The molecule has 1 aromatic rings. The first-order valence-corrected chi connectivity index (χ1v) is 6.12. The quantitative estimate of drug-likeness (QED) is 0.805. The van der Waals surface area contributed by atoms with Crippen LogP contribution in [0, 0.1) is 5.92 Å². The molecule has 1 aromatic heterocycles. The van der Waals surface area contributed by atoms with Crippen LogP contribution in [-0.4, -0.2) is 16.9 Å². The molecule has 2 rings (SSSR count). The zero-order chi connectivity index (χ0) is 12.1. The smallest absolute Gasteiger partial charge is 0.243 e. The predicted molar refractivity (Wildman–Crippen MR) is 67.4 cm³/mol. The first-order valence-electron chi connectivity index (χ1n) is 6.12. The Labute approximate surface area is 102 Å². The fraction of sp³-hybridized carbons (Fsp3) is 0.429. The summed E-state index contributed by atoms with van der Waals surface area (Å²) in [5, 5.41) is 3.01. The van der Waals surface area contributed by atoms with E-state index in [2.05, 4.69) is 16.9 Å². The number of nitrogens with zero attached hydrogens (tertiary/aromatic N) is 1. The van der Waals surface area contributed by atoms with Crippen LogP contribution in [0.15, 0.2) is 37.1 Å². The Balaban J connectivity index is 1.95. The van der Waals surface area contributed by atoms with Crippen molar-refractivity contribution in [3.8, 4) is 0 Å². The van der Waals surface area contributed by atoms with Gasteiger partial charge < -0.3 is 5.32 Å². The van der Waals surface area contributed by atoms with Crippen LogP contribution < -0.4 is 5.32 Å². The standard InChI is InChI=1S/C14H18N2O/c1-2-14(17)16-13-8-5-6-11(13)10-12-7-3-4-9-15-12/h2-4,7,9,11,13H,1,5-6,8,10H2,(H,16,17). The first kappa shape index (κ1) is 11.8. The van der Waals surface area contributed by atoms with Crippen LogP contribution in [0.1, 0.15) is 25.0 Å². The lowest BCUT2D eigenvalue weighted by Gasteiger charge is -2.19. The van der Waals surface area contributed by atoms with Gasteiger partial charge in [-0.05, 0) is 43.4 Å². The highest BCUT2D eigenvalue weighted by molar-refractivity contribution is 5.87. The number of carbonyl (C=O) groups excluding carboxylic acids is 1. The van der Waals surface area contributed by atoms with Crippen molar-refractivity contribution in [2.75, 3.05) is 0 Å². The fourth-order valence-electron chi connectivity index (χ4n) is 2.50. The summed E-state index contributed by atoms with van der Waals surface area (Å²) in [5.41, 5.74) is 1.11. The number of rotatable bonds is 4. The van der Waals surface area contributed by atoms with E-state index in [0.29, 0.717) is 5.92 Å². The van der Waals surface area contributed by atoms with Crippen molar-refractivity contribution in [2.45, 2.75) is 31.7 Å². The molecule has 3 heteroatoms. The van der Waals surface area contributed by atoms with Crippen LogP contribution in [0.2, 0.25) is 0 Å². The third kappa shape index (κ3) is 3.16. The Morgan fingerprint density at radius 1 is 1.53 bits per heavy atom. The minimum atomic E-state index is -0.0667. The number of carbonyl (C=O) groups is 1. The molecule has 1 fully saturated rings. The highest BCUT2D eigenvalue weighted by Gasteiger charge is 2.28. The Bertz CT molecular complexity index is 388. The average molecular weight is 230 g/mol. The second-order valence-electron chi connectivity index (χ2n) is 4.54. The molecule has 90 valence electrons. The average Bonchev–Trinajstić information content (AvgIpc) is 2.78. The van der Waals surface area contributed by atoms with Crippen molar-refractivity contribution < 1.29 is 4.79 Å². The Hall–Kier alpha value is -1.64. The lowest BCUT2D eigenvalue weighted by atomic mass is 9.97. The zero-order valence-corrected chi connectivity index (χ0v) is 9.93. The van der Waals surface area contributed by atoms with Crippen LogP contribution >= 0.6 is 0 Å². The van der Waals surface area contributed by atoms with Gasteiger partial charge in [0.15, 0.2) is 0 Å². The Morgan fingerprint density at radius 2 is 2.41 bits per heavy atom. The summed E-state index contributed by atoms with van der Waals surface area (Å²) < 4.78 is 0. The van der Waals surface area contributed by atoms with Gasteiger partial charge in [0, 0.05) is 17.9 Å². The van der Waals surface area contributed by atoms with E-state index in [1.807, 2.05) is 24.4 Å². The maximum Gasteiger partial charge on any atom is 0.243 e. The molecule has 0 aromatic carbocycles. The van der Waals surface area contributed by atoms with Gasteiger partial charge in [0.1, 0.15) is 0 Å². The van der Waals surface area contributed by atoms with Gasteiger partial charge in [-0.15, -0.1) is 0 Å². The summed E-state index contributed by atoms with van der Waals surface area (Å²) in [7, 11) is 0. The maximum absolute atomic E-state index is 11.3. The van der Waals surface area contributed by atoms with Crippen molar-refractivity contribution in [1.82, 2.24) is 10.3 Å². The monoisotopic (exact) mass is 230 g/mol. The molecule has 1 amide bonds. The van der Waals surface area contributed by atoms with E-state index in [4.69, 9.17) is 0 Å². The van der Waals surface area contributed by atoms with Crippen molar-refractivity contribution in [2.24, 2.45) is 5.92 Å². The predicted octanol–water partition coefficient (Wildman–Crippen LogP) is 2.09. The summed E-state index contributed by atoms with van der Waals surface area (Å²) in [6.45, 7) is 3.49. The molecule has 1 aliphatic rings. The van der Waals surface area contributed by atoms with E-state index in [-0.39, 0.29) is 11.9 Å². The lowest BCUT2D eigenvalue weighted by molar-refractivity contribution is -0.117. The molecular weight excluding hydrogens is 212 g/mol. The molecule has 2 atom stereocenters. The van der Waals surface area contributed by atoms with E-state index in [0.717, 1.165) is 18.5 Å². The molecule has 0 aliphatic heterocycles. The number of amides is 1. The fourth-order valence-corrected chi connectivity index (χ4v) is 2.50. The summed E-state index contributed by atoms with van der Waals surface area (Å²) in [5.74, 6) is 0.441. The van der Waals surface area contributed by atoms with Crippen LogP contribution in [0.25, 0.3) is 0 Å². The molecular formula is C14H18N2O. The molecule has 1 N–H and O–H groups in total. The van der Waals surface area contributed by atoms with E-state index in [1.54, 1.807) is 0 Å². The highest BCUT2D eigenvalue weighted by atomic mass is 16.1. The molecule has 0 bridgehead atoms. The topological polar surface area (TPSA) is 42.0 Å². The van der Waals surface area contributed by atoms with Crippen LogP contribution in [0.3, 0.4) is 0 Å². The van der Waals surface area contributed by atoms with Crippen molar-refractivity contribution in [3.63, 3.8) is 0 Å². The van der Waals surface area contributed by atoms with Crippen LogP contribution in [-0.2, 0) is 11.2 Å². The number of hydrogen-bond acceptors (Lipinski definition) is 2. The molecule has 1 saturated carbocycles. The van der Waals surface area contributed by atoms with Gasteiger partial charge in [-0.2, -0.15) is 0 Å². The molecule has 0 radical (unpaired) electrons. The molecule has 0 saturated heterocycles. The van der Waals surface area contributed by atoms with Gasteiger partial charge in [0.25, 0.3) is 0 Å². The molecule has 2 unspecified atom stereocenters. The van der Waals surface area contributed by atoms with Gasteiger partial charge in [-0.3, -0.25) is 9.78 Å². The molecule has 3 nitrogen and oxygen atoms in total. The normalized spacial score (nSPS) is 23.3. The van der Waals surface area contributed by atoms with Crippen molar-refractivity contribution in [3.05, 3.63) is 42.7 Å². The minimum Gasteiger partial charge on any atom is -0.350 e. The third-order valence-corrected chi connectivity index (χ3v) is 3.37. The Morgan fingerprint density at radius 3 is 3.12 bits per heavy atom. The summed E-state index contributed by atoms with van der Waals surface area (Å²) in [6.07, 6.45) is 7.52. The van der Waals surface area contributed by atoms with Crippen LogP contribution in [0.4, 0.5) is 0 Å². The second kappa shape index (κ2) is 5.62. The van der Waals surface area contributed by atoms with Gasteiger partial charge in [-0.25, -0.2) is 0 Å². The molecule has 0 spiro atoms. The highest BCUT2D eigenvalue weighted by Crippen LogP contribution is 2.28. The number of pyridine rings is 1. The van der Waals surface area contributed by atoms with E-state index >= 15 is 0 Å². The summed E-state index contributed by atoms with van der Waals surface area (Å²) >= 11 is 0. The van der Waals surface area contributed by atoms with Gasteiger partial charge in [0.05, 0.1) is 0 Å². The lowest BCUT2D eigenvalue weighted by Crippen LogP contribution is -2.37. The largest absolute Gasteiger partial charge is 0.350 e. The van der Waals surface area contributed by atoms with E-state index in [1.165, 1.54) is 18.9 Å². The van der Waals surface area contributed by atoms with E-state index in [9.17, 15) is 4.79 Å². The van der Waals surface area contributed by atoms with Gasteiger partial charge >= 0.3 is 0 Å². The van der Waals surface area contributed by atoms with Crippen LogP contribution in [0.5, 0.6) is 0 Å². The second-order valence-corrected chi connectivity index (χ2v) is 4.54. The SMILES string of the molecule is C=CC(=O)NC1CCCC1Cc1ccccn1. The Kier molecular flexibility index (Phi) is 3.91. The number of aromatic nitrogens is 1. The van der Waals surface area contributed by atoms with Gasteiger partial charge in [0.2, 0.25) is 5.91 Å². The number of nitrogens with one attached hydrogen (secondary N) is 1. The van der Waals surface area contributed by atoms with Crippen molar-refractivity contribution >= 4 is 5.91 Å². The molecule has 1 aliphatic carbocycles.